The Bertz CT molecular complexity index is 333. The second-order valence-corrected chi connectivity index (χ2v) is 5.73. The summed E-state index contributed by atoms with van der Waals surface area (Å²) in [7, 11) is 0. The van der Waals surface area contributed by atoms with Crippen LogP contribution in [-0.2, 0) is 6.54 Å². The molecule has 0 radical (unpaired) electrons. The lowest BCUT2D eigenvalue weighted by Gasteiger charge is -2.21. The van der Waals surface area contributed by atoms with E-state index in [1.54, 1.807) is 0 Å². The topological polar surface area (TPSA) is 43.8 Å². The molecule has 0 aliphatic heterocycles. The molecule has 1 rings (SSSR count). The summed E-state index contributed by atoms with van der Waals surface area (Å²) in [6.45, 7) is 11.8. The average Bonchev–Trinajstić information content (AvgIpc) is 2.55. The van der Waals surface area contributed by atoms with Gasteiger partial charge in [-0.3, -0.25) is 4.68 Å². The number of hydrogen-bond acceptors (Lipinski definition) is 2. The van der Waals surface area contributed by atoms with E-state index in [0.717, 1.165) is 25.1 Å². The minimum absolute atomic E-state index is 0.111. The van der Waals surface area contributed by atoms with E-state index in [1.807, 2.05) is 11.6 Å². The molecule has 16 heavy (non-hydrogen) atoms. The molecule has 3 heteroatoms. The van der Waals surface area contributed by atoms with E-state index < -0.39 is 0 Å². The van der Waals surface area contributed by atoms with Crippen LogP contribution in [0.1, 0.15) is 58.0 Å². The van der Waals surface area contributed by atoms with Crippen LogP contribution in [0.2, 0.25) is 0 Å². The highest BCUT2D eigenvalue weighted by molar-refractivity contribution is 5.12. The van der Waals surface area contributed by atoms with Gasteiger partial charge in [-0.1, -0.05) is 20.8 Å². The van der Waals surface area contributed by atoms with Gasteiger partial charge in [-0.2, -0.15) is 5.10 Å². The van der Waals surface area contributed by atoms with Gasteiger partial charge in [-0.25, -0.2) is 0 Å². The van der Waals surface area contributed by atoms with Gasteiger partial charge >= 0.3 is 0 Å². The molecular weight excluding hydrogens is 198 g/mol. The summed E-state index contributed by atoms with van der Waals surface area (Å²) >= 11 is 0. The lowest BCUT2D eigenvalue weighted by Crippen LogP contribution is -2.18. The summed E-state index contributed by atoms with van der Waals surface area (Å²) in [5, 5.41) is 4.43. The summed E-state index contributed by atoms with van der Waals surface area (Å²) < 4.78 is 2.02. The van der Waals surface area contributed by atoms with Crippen molar-refractivity contribution in [3.63, 3.8) is 0 Å². The first-order valence-electron chi connectivity index (χ1n) is 6.13. The molecule has 0 aliphatic rings. The first-order chi connectivity index (χ1) is 7.33. The van der Waals surface area contributed by atoms with Crippen molar-refractivity contribution < 1.29 is 0 Å². The molecule has 1 unspecified atom stereocenters. The Morgan fingerprint density at radius 3 is 2.56 bits per heavy atom. The van der Waals surface area contributed by atoms with Crippen LogP contribution in [0.25, 0.3) is 0 Å². The third-order valence-corrected chi connectivity index (χ3v) is 2.82. The van der Waals surface area contributed by atoms with Crippen molar-refractivity contribution in [3.05, 3.63) is 17.5 Å². The summed E-state index contributed by atoms with van der Waals surface area (Å²) in [6, 6.07) is 2.22. The summed E-state index contributed by atoms with van der Waals surface area (Å²) in [6.07, 6.45) is 2.16. The Morgan fingerprint density at radius 1 is 1.44 bits per heavy atom. The van der Waals surface area contributed by atoms with Crippen molar-refractivity contribution in [1.82, 2.24) is 9.78 Å². The molecule has 1 aromatic rings. The predicted octanol–water partition coefficient (Wildman–Crippen LogP) is 3.04. The van der Waals surface area contributed by atoms with Gasteiger partial charge in [0, 0.05) is 12.6 Å². The molecule has 0 amide bonds. The molecule has 0 aliphatic carbocycles. The highest BCUT2D eigenvalue weighted by Gasteiger charge is 2.17. The Hall–Kier alpha value is -0.830. The Labute approximate surface area is 99.0 Å². The first-order valence-corrected chi connectivity index (χ1v) is 6.13. The predicted molar refractivity (Wildman–Crippen MR) is 68.3 cm³/mol. The molecule has 0 fully saturated rings. The molecule has 0 bridgehead atoms. The van der Waals surface area contributed by atoms with E-state index in [-0.39, 0.29) is 6.04 Å². The van der Waals surface area contributed by atoms with Crippen molar-refractivity contribution in [3.8, 4) is 0 Å². The largest absolute Gasteiger partial charge is 0.323 e. The van der Waals surface area contributed by atoms with Crippen LogP contribution >= 0.6 is 0 Å². The summed E-state index contributed by atoms with van der Waals surface area (Å²) in [5.74, 6) is 0. The third kappa shape index (κ3) is 3.63. The molecule has 1 atom stereocenters. The number of nitrogens with two attached hydrogens (primary N) is 1. The van der Waals surface area contributed by atoms with Crippen LogP contribution < -0.4 is 5.73 Å². The maximum Gasteiger partial charge on any atom is 0.0597 e. The van der Waals surface area contributed by atoms with Gasteiger partial charge < -0.3 is 5.73 Å². The third-order valence-electron chi connectivity index (χ3n) is 2.82. The molecule has 1 heterocycles. The van der Waals surface area contributed by atoms with Gasteiger partial charge in [0.25, 0.3) is 0 Å². The van der Waals surface area contributed by atoms with Crippen LogP contribution in [0.3, 0.4) is 0 Å². The van der Waals surface area contributed by atoms with E-state index >= 15 is 0 Å². The Balaban J connectivity index is 2.68. The summed E-state index contributed by atoms with van der Waals surface area (Å²) in [4.78, 5) is 0. The molecule has 0 saturated heterocycles. The maximum absolute atomic E-state index is 6.23. The number of aryl methyl sites for hydroxylation is 2. The Morgan fingerprint density at radius 2 is 2.06 bits per heavy atom. The first kappa shape index (κ1) is 13.2. The molecule has 2 N–H and O–H groups in total. The average molecular weight is 223 g/mol. The minimum atomic E-state index is 0.111. The molecule has 0 spiro atoms. The van der Waals surface area contributed by atoms with Crippen molar-refractivity contribution in [2.45, 2.75) is 60.0 Å². The normalized spacial score (nSPS) is 14.1. The van der Waals surface area contributed by atoms with Crippen molar-refractivity contribution in [2.24, 2.45) is 11.1 Å². The Kier molecular flexibility index (Phi) is 4.14. The van der Waals surface area contributed by atoms with Crippen LogP contribution in [0.5, 0.6) is 0 Å². The van der Waals surface area contributed by atoms with E-state index in [2.05, 4.69) is 38.9 Å². The van der Waals surface area contributed by atoms with Gasteiger partial charge in [-0.05, 0) is 38.2 Å². The van der Waals surface area contributed by atoms with Crippen molar-refractivity contribution in [1.29, 1.82) is 0 Å². The molecule has 1 aromatic heterocycles. The van der Waals surface area contributed by atoms with Gasteiger partial charge in [0.2, 0.25) is 0 Å². The fourth-order valence-electron chi connectivity index (χ4n) is 1.85. The zero-order valence-corrected chi connectivity index (χ0v) is 11.2. The molecule has 0 aromatic carbocycles. The van der Waals surface area contributed by atoms with Crippen molar-refractivity contribution in [2.75, 3.05) is 0 Å². The SMILES string of the molecule is CCn1nc(C)cc1C(N)CCC(C)(C)C. The van der Waals surface area contributed by atoms with E-state index in [0.29, 0.717) is 5.41 Å². The van der Waals surface area contributed by atoms with Crippen LogP contribution in [0.15, 0.2) is 6.07 Å². The zero-order valence-electron chi connectivity index (χ0n) is 11.2. The van der Waals surface area contributed by atoms with Gasteiger partial charge in [0.15, 0.2) is 0 Å². The number of hydrogen-bond donors (Lipinski definition) is 1. The van der Waals surface area contributed by atoms with Crippen LogP contribution in [0.4, 0.5) is 0 Å². The fraction of sp³-hybridized carbons (Fsp3) is 0.769. The highest BCUT2D eigenvalue weighted by atomic mass is 15.3. The second-order valence-electron chi connectivity index (χ2n) is 5.73. The van der Waals surface area contributed by atoms with Crippen LogP contribution in [0, 0.1) is 12.3 Å². The van der Waals surface area contributed by atoms with Crippen LogP contribution in [-0.4, -0.2) is 9.78 Å². The van der Waals surface area contributed by atoms with Gasteiger partial charge in [0.05, 0.1) is 11.4 Å². The fourth-order valence-corrected chi connectivity index (χ4v) is 1.85. The van der Waals surface area contributed by atoms with Gasteiger partial charge in [-0.15, -0.1) is 0 Å². The lowest BCUT2D eigenvalue weighted by atomic mass is 9.88. The monoisotopic (exact) mass is 223 g/mol. The molecular formula is C13H25N3. The second kappa shape index (κ2) is 5.00. The minimum Gasteiger partial charge on any atom is -0.323 e. The quantitative estimate of drug-likeness (QED) is 0.852. The number of nitrogens with zero attached hydrogens (tertiary/aromatic N) is 2. The lowest BCUT2D eigenvalue weighted by molar-refractivity contribution is 0.345. The molecule has 0 saturated carbocycles. The van der Waals surface area contributed by atoms with E-state index in [4.69, 9.17) is 5.73 Å². The summed E-state index contributed by atoms with van der Waals surface area (Å²) in [5.41, 5.74) is 8.81. The smallest absolute Gasteiger partial charge is 0.0597 e. The standard InChI is InChI=1S/C13H25N3/c1-6-16-12(9-10(2)15-16)11(14)7-8-13(3,4)5/h9,11H,6-8,14H2,1-5H3. The van der Waals surface area contributed by atoms with E-state index in [9.17, 15) is 0 Å². The number of aromatic nitrogens is 2. The van der Waals surface area contributed by atoms with E-state index in [1.165, 1.54) is 5.69 Å². The highest BCUT2D eigenvalue weighted by Crippen LogP contribution is 2.26. The number of rotatable bonds is 4. The molecule has 3 nitrogen and oxygen atoms in total. The van der Waals surface area contributed by atoms with Gasteiger partial charge in [0.1, 0.15) is 0 Å². The van der Waals surface area contributed by atoms with Crippen molar-refractivity contribution >= 4 is 0 Å². The zero-order chi connectivity index (χ0) is 12.3. The maximum atomic E-state index is 6.23. The molecule has 92 valence electrons.